The third-order valence-corrected chi connectivity index (χ3v) is 4.96. The number of hydrogen-bond donors (Lipinski definition) is 0. The van der Waals surface area contributed by atoms with Gasteiger partial charge in [0.1, 0.15) is 6.04 Å². The molecular weight excluding hydrogens is 312 g/mol. The summed E-state index contributed by atoms with van der Waals surface area (Å²) in [4.78, 5) is 17.3. The van der Waals surface area contributed by atoms with E-state index in [1.807, 2.05) is 61.2 Å². The molecular formula is C20H28N4O. The zero-order chi connectivity index (χ0) is 18.0. The summed E-state index contributed by atoms with van der Waals surface area (Å²) in [5, 5.41) is 4.63. The van der Waals surface area contributed by atoms with Crippen molar-refractivity contribution in [1.82, 2.24) is 19.6 Å². The normalized spacial score (nSPS) is 19.2. The van der Waals surface area contributed by atoms with Crippen LogP contribution in [-0.4, -0.2) is 52.7 Å². The molecule has 2 atom stereocenters. The van der Waals surface area contributed by atoms with Crippen molar-refractivity contribution in [2.45, 2.75) is 38.8 Å². The summed E-state index contributed by atoms with van der Waals surface area (Å²) in [6.45, 7) is 5.67. The quantitative estimate of drug-likeness (QED) is 0.859. The second kappa shape index (κ2) is 7.40. The van der Waals surface area contributed by atoms with Gasteiger partial charge in [0.2, 0.25) is 5.91 Å². The Balaban J connectivity index is 1.80. The fraction of sp³-hybridized carbons (Fsp3) is 0.500. The van der Waals surface area contributed by atoms with Gasteiger partial charge in [-0.05, 0) is 52.4 Å². The third-order valence-electron chi connectivity index (χ3n) is 4.96. The Bertz CT molecular complexity index is 723. The van der Waals surface area contributed by atoms with Gasteiger partial charge < -0.3 is 4.90 Å². The number of piperidine rings is 1. The van der Waals surface area contributed by atoms with Crippen molar-refractivity contribution < 1.29 is 4.79 Å². The number of benzene rings is 1. The molecule has 5 nitrogen and oxygen atoms in total. The van der Waals surface area contributed by atoms with Gasteiger partial charge in [-0.2, -0.15) is 5.10 Å². The molecule has 1 aromatic heterocycles. The van der Waals surface area contributed by atoms with Crippen LogP contribution < -0.4 is 0 Å². The maximum absolute atomic E-state index is 13.3. The summed E-state index contributed by atoms with van der Waals surface area (Å²) in [7, 11) is 3.94. The van der Waals surface area contributed by atoms with Crippen LogP contribution in [0.2, 0.25) is 0 Å². The number of carbonyl (C=O) groups excluding carboxylic acids is 1. The second-order valence-electron chi connectivity index (χ2n) is 7.23. The van der Waals surface area contributed by atoms with Crippen LogP contribution in [-0.2, 0) is 4.79 Å². The van der Waals surface area contributed by atoms with E-state index in [-0.39, 0.29) is 18.0 Å². The smallest absolute Gasteiger partial charge is 0.244 e. The van der Waals surface area contributed by atoms with Crippen LogP contribution in [0, 0.1) is 13.8 Å². The van der Waals surface area contributed by atoms with E-state index in [1.165, 1.54) is 5.69 Å². The lowest BCUT2D eigenvalue weighted by molar-refractivity contribution is -0.138. The minimum atomic E-state index is -0.236. The van der Waals surface area contributed by atoms with Gasteiger partial charge in [-0.15, -0.1) is 0 Å². The molecule has 5 heteroatoms. The number of nitrogens with zero attached hydrogens (tertiary/aromatic N) is 4. The van der Waals surface area contributed by atoms with Gasteiger partial charge in [0, 0.05) is 18.8 Å². The predicted molar refractivity (Wildman–Crippen MR) is 99.4 cm³/mol. The van der Waals surface area contributed by atoms with Gasteiger partial charge in [0.15, 0.2) is 0 Å². The molecule has 1 fully saturated rings. The summed E-state index contributed by atoms with van der Waals surface area (Å²) >= 11 is 0. The zero-order valence-electron chi connectivity index (χ0n) is 15.6. The zero-order valence-corrected chi connectivity index (χ0v) is 15.6. The van der Waals surface area contributed by atoms with Crippen LogP contribution in [0.1, 0.15) is 41.9 Å². The number of aryl methyl sites for hydroxylation is 2. The minimum absolute atomic E-state index is 0.183. The molecule has 0 aliphatic carbocycles. The lowest BCUT2D eigenvalue weighted by Gasteiger charge is -2.37. The van der Waals surface area contributed by atoms with Crippen molar-refractivity contribution in [3.05, 3.63) is 53.3 Å². The number of aromatic nitrogens is 2. The number of hydrogen-bond acceptors (Lipinski definition) is 3. The Morgan fingerprint density at radius 3 is 2.56 bits per heavy atom. The van der Waals surface area contributed by atoms with E-state index in [9.17, 15) is 4.79 Å². The Kier molecular flexibility index (Phi) is 5.23. The van der Waals surface area contributed by atoms with Gasteiger partial charge in [-0.1, -0.05) is 30.3 Å². The van der Waals surface area contributed by atoms with Crippen LogP contribution in [0.5, 0.6) is 0 Å². The molecule has 25 heavy (non-hydrogen) atoms. The van der Waals surface area contributed by atoms with Crippen molar-refractivity contribution in [2.75, 3.05) is 27.2 Å². The number of carbonyl (C=O) groups is 1. The summed E-state index contributed by atoms with van der Waals surface area (Å²) in [5.74, 6) is 0.183. The van der Waals surface area contributed by atoms with Gasteiger partial charge in [-0.25, -0.2) is 0 Å². The largest absolute Gasteiger partial charge is 0.339 e. The summed E-state index contributed by atoms with van der Waals surface area (Å²) in [5.41, 5.74) is 3.26. The molecule has 1 aliphatic heterocycles. The van der Waals surface area contributed by atoms with E-state index in [2.05, 4.69) is 22.8 Å². The number of amides is 1. The Hall–Kier alpha value is -2.14. The van der Waals surface area contributed by atoms with E-state index in [4.69, 9.17) is 0 Å². The van der Waals surface area contributed by atoms with E-state index < -0.39 is 0 Å². The van der Waals surface area contributed by atoms with Crippen molar-refractivity contribution in [3.63, 3.8) is 0 Å². The lowest BCUT2D eigenvalue weighted by Crippen LogP contribution is -2.46. The number of likely N-dealkylation sites (tertiary alicyclic amines) is 1. The first-order chi connectivity index (χ1) is 12.0. The van der Waals surface area contributed by atoms with Crippen LogP contribution in [0.25, 0.3) is 0 Å². The van der Waals surface area contributed by atoms with E-state index in [0.717, 1.165) is 37.2 Å². The van der Waals surface area contributed by atoms with Crippen LogP contribution in [0.4, 0.5) is 0 Å². The molecule has 1 aromatic carbocycles. The van der Waals surface area contributed by atoms with E-state index in [1.54, 1.807) is 0 Å². The molecule has 0 bridgehead atoms. The molecule has 0 saturated carbocycles. The van der Waals surface area contributed by atoms with Crippen LogP contribution in [0.3, 0.4) is 0 Å². The van der Waals surface area contributed by atoms with Gasteiger partial charge in [0.05, 0.1) is 11.7 Å². The van der Waals surface area contributed by atoms with Crippen molar-refractivity contribution in [2.24, 2.45) is 0 Å². The molecule has 0 spiro atoms. The first kappa shape index (κ1) is 17.7. The van der Waals surface area contributed by atoms with Gasteiger partial charge in [-0.3, -0.25) is 14.4 Å². The fourth-order valence-corrected chi connectivity index (χ4v) is 3.84. The monoisotopic (exact) mass is 340 g/mol. The molecule has 2 aromatic rings. The molecule has 1 amide bonds. The standard InChI is InChI=1S/C20H28N4O/c1-15-13-16(2)24(21-15)18-11-8-12-23(14-18)20(25)19(22(3)4)17-9-6-5-7-10-17/h5-7,9-10,13,18-19H,8,11-12,14H2,1-4H3/t18-,19+/m1/s1. The van der Waals surface area contributed by atoms with Crippen LogP contribution >= 0.6 is 0 Å². The highest BCUT2D eigenvalue weighted by molar-refractivity contribution is 5.83. The predicted octanol–water partition coefficient (Wildman–Crippen LogP) is 2.97. The van der Waals surface area contributed by atoms with E-state index in [0.29, 0.717) is 0 Å². The Labute approximate surface area is 150 Å². The van der Waals surface area contributed by atoms with Crippen molar-refractivity contribution in [1.29, 1.82) is 0 Å². The summed E-state index contributed by atoms with van der Waals surface area (Å²) < 4.78 is 2.10. The average Bonchev–Trinajstić information content (AvgIpc) is 2.94. The van der Waals surface area contributed by atoms with Gasteiger partial charge >= 0.3 is 0 Å². The highest BCUT2D eigenvalue weighted by atomic mass is 16.2. The number of rotatable bonds is 4. The van der Waals surface area contributed by atoms with E-state index >= 15 is 0 Å². The van der Waals surface area contributed by atoms with Gasteiger partial charge in [0.25, 0.3) is 0 Å². The third kappa shape index (κ3) is 3.76. The fourth-order valence-electron chi connectivity index (χ4n) is 3.84. The minimum Gasteiger partial charge on any atom is -0.339 e. The molecule has 3 rings (SSSR count). The second-order valence-corrected chi connectivity index (χ2v) is 7.23. The molecule has 2 heterocycles. The molecule has 0 N–H and O–H groups in total. The highest BCUT2D eigenvalue weighted by Crippen LogP contribution is 2.27. The first-order valence-electron chi connectivity index (χ1n) is 9.00. The van der Waals surface area contributed by atoms with Crippen molar-refractivity contribution >= 4 is 5.91 Å². The summed E-state index contributed by atoms with van der Waals surface area (Å²) in [6, 6.07) is 12.2. The first-order valence-corrected chi connectivity index (χ1v) is 9.00. The van der Waals surface area contributed by atoms with Crippen LogP contribution in [0.15, 0.2) is 36.4 Å². The SMILES string of the molecule is Cc1cc(C)n([C@@H]2CCCN(C(=O)[C@H](c3ccccc3)N(C)C)C2)n1. The molecule has 1 aliphatic rings. The Morgan fingerprint density at radius 1 is 1.24 bits per heavy atom. The average molecular weight is 340 g/mol. The molecule has 0 radical (unpaired) electrons. The summed E-state index contributed by atoms with van der Waals surface area (Å²) in [6.07, 6.45) is 2.09. The maximum Gasteiger partial charge on any atom is 0.244 e. The highest BCUT2D eigenvalue weighted by Gasteiger charge is 2.32. The molecule has 1 saturated heterocycles. The molecule has 134 valence electrons. The van der Waals surface area contributed by atoms with Crippen molar-refractivity contribution in [3.8, 4) is 0 Å². The maximum atomic E-state index is 13.3. The molecule has 0 unspecified atom stereocenters. The number of likely N-dealkylation sites (N-methyl/N-ethyl adjacent to an activating group) is 1. The topological polar surface area (TPSA) is 41.4 Å². The lowest BCUT2D eigenvalue weighted by atomic mass is 10.0. The Morgan fingerprint density at radius 2 is 1.96 bits per heavy atom.